The maximum absolute atomic E-state index is 14.1. The Bertz CT molecular complexity index is 1240. The van der Waals surface area contributed by atoms with Gasteiger partial charge in [0.2, 0.25) is 12.7 Å². The molecule has 1 aliphatic carbocycles. The van der Waals surface area contributed by atoms with E-state index in [2.05, 4.69) is 10.6 Å². The molecule has 38 heavy (non-hydrogen) atoms. The molecule has 2 heterocycles. The predicted molar refractivity (Wildman–Crippen MR) is 145 cm³/mol. The molecule has 0 aromatic heterocycles. The maximum Gasteiger partial charge on any atom is 0.258 e. The van der Waals surface area contributed by atoms with Crippen molar-refractivity contribution in [2.45, 2.75) is 58.4 Å². The van der Waals surface area contributed by atoms with E-state index in [1.165, 1.54) is 6.42 Å². The van der Waals surface area contributed by atoms with Crippen molar-refractivity contribution in [2.24, 2.45) is 17.1 Å². The van der Waals surface area contributed by atoms with Crippen molar-refractivity contribution in [3.63, 3.8) is 0 Å². The number of hydrogen-bond acceptors (Lipinski definition) is 6. The molecule has 0 bridgehead atoms. The van der Waals surface area contributed by atoms with Gasteiger partial charge in [0.25, 0.3) is 11.8 Å². The molecule has 0 saturated heterocycles. The highest BCUT2D eigenvalue weighted by atomic mass is 16.7. The van der Waals surface area contributed by atoms with E-state index in [1.807, 2.05) is 13.8 Å². The van der Waals surface area contributed by atoms with Crippen molar-refractivity contribution < 1.29 is 23.9 Å². The van der Waals surface area contributed by atoms with Crippen LogP contribution >= 0.6 is 0 Å². The molecule has 1 saturated carbocycles. The highest BCUT2D eigenvalue weighted by Gasteiger charge is 2.38. The molecule has 3 aliphatic rings. The molecule has 202 valence electrons. The Kier molecular flexibility index (Phi) is 7.29. The summed E-state index contributed by atoms with van der Waals surface area (Å²) in [7, 11) is 0. The molecule has 9 heteroatoms. The summed E-state index contributed by atoms with van der Waals surface area (Å²) in [5, 5.41) is 5.90. The number of benzene rings is 2. The van der Waals surface area contributed by atoms with Crippen molar-refractivity contribution in [1.29, 1.82) is 0 Å². The van der Waals surface area contributed by atoms with E-state index in [4.69, 9.17) is 15.2 Å². The lowest BCUT2D eigenvalue weighted by Crippen LogP contribution is -2.46. The molecule has 1 atom stereocenters. The van der Waals surface area contributed by atoms with E-state index in [1.54, 1.807) is 41.3 Å². The van der Waals surface area contributed by atoms with Gasteiger partial charge in [-0.1, -0.05) is 33.1 Å². The van der Waals surface area contributed by atoms with Crippen LogP contribution < -0.4 is 30.7 Å². The first kappa shape index (κ1) is 26.0. The zero-order valence-electron chi connectivity index (χ0n) is 22.0. The fourth-order valence-corrected chi connectivity index (χ4v) is 5.47. The van der Waals surface area contributed by atoms with E-state index in [0.717, 1.165) is 25.7 Å². The second-order valence-electron chi connectivity index (χ2n) is 11.2. The molecule has 0 radical (unpaired) electrons. The number of nitrogens with one attached hydrogen (secondary N) is 2. The average molecular weight is 521 g/mol. The molecule has 1 unspecified atom stereocenters. The number of amides is 3. The number of carbonyl (C=O) groups excluding carboxylic acids is 3. The lowest BCUT2D eigenvalue weighted by Gasteiger charge is -2.37. The van der Waals surface area contributed by atoms with Crippen molar-refractivity contribution in [1.82, 2.24) is 5.32 Å². The lowest BCUT2D eigenvalue weighted by atomic mass is 9.81. The summed E-state index contributed by atoms with van der Waals surface area (Å²) in [5.74, 6) is 0.710. The molecule has 0 spiro atoms. The number of ether oxygens (including phenoxy) is 2. The lowest BCUT2D eigenvalue weighted by molar-refractivity contribution is -0.116. The number of carbonyl (C=O) groups is 3. The Labute approximate surface area is 223 Å². The topological polar surface area (TPSA) is 123 Å². The average Bonchev–Trinajstić information content (AvgIpc) is 3.34. The number of rotatable bonds is 6. The van der Waals surface area contributed by atoms with Gasteiger partial charge in [-0.25, -0.2) is 0 Å². The molecule has 2 aromatic rings. The van der Waals surface area contributed by atoms with Crippen LogP contribution in [0.25, 0.3) is 0 Å². The minimum Gasteiger partial charge on any atom is -0.454 e. The first-order valence-electron chi connectivity index (χ1n) is 13.4. The summed E-state index contributed by atoms with van der Waals surface area (Å²) in [5.41, 5.74) is 7.47. The van der Waals surface area contributed by atoms with Crippen molar-refractivity contribution in [3.05, 3.63) is 47.5 Å². The third-order valence-electron chi connectivity index (χ3n) is 7.83. The highest BCUT2D eigenvalue weighted by Crippen LogP contribution is 2.40. The van der Waals surface area contributed by atoms with Gasteiger partial charge in [-0.05, 0) is 67.1 Å². The first-order chi connectivity index (χ1) is 18.3. The largest absolute Gasteiger partial charge is 0.454 e. The van der Waals surface area contributed by atoms with Crippen LogP contribution in [0.3, 0.4) is 0 Å². The molecule has 9 nitrogen and oxygen atoms in total. The fourth-order valence-electron chi connectivity index (χ4n) is 5.47. The van der Waals surface area contributed by atoms with E-state index in [9.17, 15) is 14.4 Å². The van der Waals surface area contributed by atoms with Crippen LogP contribution in [-0.4, -0.2) is 43.6 Å². The van der Waals surface area contributed by atoms with Gasteiger partial charge in [-0.15, -0.1) is 0 Å². The van der Waals surface area contributed by atoms with Crippen LogP contribution in [0, 0.1) is 11.3 Å². The molecule has 2 aromatic carbocycles. The smallest absolute Gasteiger partial charge is 0.258 e. The van der Waals surface area contributed by atoms with Gasteiger partial charge in [0.15, 0.2) is 11.5 Å². The highest BCUT2D eigenvalue weighted by molar-refractivity contribution is 6.12. The summed E-state index contributed by atoms with van der Waals surface area (Å²) in [6.45, 7) is 4.94. The molecule has 2 aliphatic heterocycles. The van der Waals surface area contributed by atoms with Gasteiger partial charge < -0.3 is 30.7 Å². The van der Waals surface area contributed by atoms with Crippen LogP contribution in [0.15, 0.2) is 36.4 Å². The molecular weight excluding hydrogens is 484 g/mol. The summed E-state index contributed by atoms with van der Waals surface area (Å²) in [4.78, 5) is 42.0. The third-order valence-corrected chi connectivity index (χ3v) is 7.83. The minimum atomic E-state index is -0.292. The number of fused-ring (bicyclic) bond motifs is 2. The van der Waals surface area contributed by atoms with Crippen LogP contribution in [0.5, 0.6) is 11.5 Å². The SMILES string of the molecule is CC(C)(CN)CNC(=O)c1ccc2c(c1)NC(=O)CC(C1CCCCC1)N2C(=O)c1ccc2c(c1)OCO2. The quantitative estimate of drug-likeness (QED) is 0.528. The zero-order valence-corrected chi connectivity index (χ0v) is 22.0. The fraction of sp³-hybridized carbons (Fsp3) is 0.483. The summed E-state index contributed by atoms with van der Waals surface area (Å²) in [6, 6.07) is 10.0. The molecule has 4 N–H and O–H groups in total. The van der Waals surface area contributed by atoms with E-state index < -0.39 is 0 Å². The minimum absolute atomic E-state index is 0.121. The van der Waals surface area contributed by atoms with Gasteiger partial charge in [-0.3, -0.25) is 14.4 Å². The Morgan fingerprint density at radius 1 is 1.05 bits per heavy atom. The Morgan fingerprint density at radius 2 is 1.79 bits per heavy atom. The molecular formula is C29H36N4O5. The van der Waals surface area contributed by atoms with Gasteiger partial charge in [-0.2, -0.15) is 0 Å². The maximum atomic E-state index is 14.1. The van der Waals surface area contributed by atoms with Gasteiger partial charge in [0.05, 0.1) is 11.4 Å². The molecule has 3 amide bonds. The van der Waals surface area contributed by atoms with E-state index >= 15 is 0 Å². The second-order valence-corrected chi connectivity index (χ2v) is 11.2. The Balaban J connectivity index is 1.51. The summed E-state index contributed by atoms with van der Waals surface area (Å²) >= 11 is 0. The number of anilines is 2. The second kappa shape index (κ2) is 10.6. The zero-order chi connectivity index (χ0) is 26.9. The van der Waals surface area contributed by atoms with Crippen molar-refractivity contribution >= 4 is 29.1 Å². The van der Waals surface area contributed by atoms with Gasteiger partial charge >= 0.3 is 0 Å². The Morgan fingerprint density at radius 3 is 2.55 bits per heavy atom. The number of nitrogens with zero attached hydrogens (tertiary/aromatic N) is 1. The summed E-state index contributed by atoms with van der Waals surface area (Å²) in [6.07, 6.45) is 5.47. The van der Waals surface area contributed by atoms with Crippen molar-refractivity contribution in [3.8, 4) is 11.5 Å². The van der Waals surface area contributed by atoms with Crippen LogP contribution in [0.4, 0.5) is 11.4 Å². The predicted octanol–water partition coefficient (Wildman–Crippen LogP) is 4.07. The number of hydrogen-bond donors (Lipinski definition) is 3. The van der Waals surface area contributed by atoms with Crippen LogP contribution in [-0.2, 0) is 4.79 Å². The van der Waals surface area contributed by atoms with Crippen LogP contribution in [0.1, 0.15) is 73.1 Å². The normalized spacial score (nSPS) is 19.4. The summed E-state index contributed by atoms with van der Waals surface area (Å²) < 4.78 is 10.9. The number of nitrogens with two attached hydrogens (primary N) is 1. The molecule has 1 fully saturated rings. The van der Waals surface area contributed by atoms with E-state index in [0.29, 0.717) is 47.1 Å². The van der Waals surface area contributed by atoms with E-state index in [-0.39, 0.29) is 48.3 Å². The van der Waals surface area contributed by atoms with Gasteiger partial charge in [0.1, 0.15) is 0 Å². The van der Waals surface area contributed by atoms with Gasteiger partial charge in [0, 0.05) is 30.1 Å². The van der Waals surface area contributed by atoms with Crippen LogP contribution in [0.2, 0.25) is 0 Å². The molecule has 5 rings (SSSR count). The standard InChI is InChI=1S/C29H36N4O5/c1-29(2,15-30)16-31-27(35)19-8-10-22-21(12-19)32-26(34)14-23(18-6-4-3-5-7-18)33(22)28(36)20-9-11-24-25(13-20)38-17-37-24/h8-13,18,23H,3-7,14-17,30H2,1-2H3,(H,31,35)(H,32,34). The first-order valence-corrected chi connectivity index (χ1v) is 13.4. The van der Waals surface area contributed by atoms with Crippen molar-refractivity contribution in [2.75, 3.05) is 30.1 Å². The Hall–Kier alpha value is -3.59. The monoisotopic (exact) mass is 520 g/mol. The third kappa shape index (κ3) is 5.34.